The van der Waals surface area contributed by atoms with Crippen LogP contribution in [0.25, 0.3) is 10.8 Å². The zero-order valence-corrected chi connectivity index (χ0v) is 17.8. The molecule has 1 aliphatic rings. The van der Waals surface area contributed by atoms with Crippen molar-refractivity contribution in [3.63, 3.8) is 0 Å². The predicted molar refractivity (Wildman–Crippen MR) is 122 cm³/mol. The summed E-state index contributed by atoms with van der Waals surface area (Å²) in [5.74, 6) is 0.625. The zero-order valence-electron chi connectivity index (χ0n) is 17.8. The van der Waals surface area contributed by atoms with Gasteiger partial charge in [0.25, 0.3) is 5.91 Å². The maximum atomic E-state index is 12.8. The number of carbonyl (C=O) groups excluding carboxylic acids is 2. The van der Waals surface area contributed by atoms with Gasteiger partial charge in [-0.25, -0.2) is 0 Å². The fraction of sp³-hybridized carbons (Fsp3) is 0.308. The first-order valence-electron chi connectivity index (χ1n) is 10.9. The lowest BCUT2D eigenvalue weighted by molar-refractivity contribution is -0.126. The van der Waals surface area contributed by atoms with E-state index in [1.165, 1.54) is 0 Å². The van der Waals surface area contributed by atoms with Crippen molar-refractivity contribution in [1.82, 2.24) is 10.2 Å². The highest BCUT2D eigenvalue weighted by Crippen LogP contribution is 2.25. The lowest BCUT2D eigenvalue weighted by atomic mass is 9.96. The van der Waals surface area contributed by atoms with Gasteiger partial charge in [0.15, 0.2) is 0 Å². The van der Waals surface area contributed by atoms with Gasteiger partial charge in [-0.2, -0.15) is 0 Å². The number of benzene rings is 3. The summed E-state index contributed by atoms with van der Waals surface area (Å²) in [6.45, 7) is 3.99. The molecule has 0 saturated carbocycles. The molecule has 0 aliphatic carbocycles. The van der Waals surface area contributed by atoms with Crippen LogP contribution in [0.1, 0.15) is 28.8 Å². The minimum atomic E-state index is -0.180. The van der Waals surface area contributed by atoms with Crippen molar-refractivity contribution in [2.75, 3.05) is 26.2 Å². The van der Waals surface area contributed by atoms with Gasteiger partial charge in [0, 0.05) is 24.0 Å². The van der Waals surface area contributed by atoms with Gasteiger partial charge >= 0.3 is 0 Å². The molecule has 31 heavy (non-hydrogen) atoms. The highest BCUT2D eigenvalue weighted by molar-refractivity contribution is 5.94. The molecule has 2 amide bonds. The molecule has 3 aromatic carbocycles. The van der Waals surface area contributed by atoms with E-state index < -0.39 is 0 Å². The predicted octanol–water partition coefficient (Wildman–Crippen LogP) is 4.20. The van der Waals surface area contributed by atoms with Gasteiger partial charge in [-0.15, -0.1) is 0 Å². The summed E-state index contributed by atoms with van der Waals surface area (Å²) in [6.07, 6.45) is 1.63. The molecule has 0 spiro atoms. The van der Waals surface area contributed by atoms with Gasteiger partial charge in [0.1, 0.15) is 12.4 Å². The zero-order chi connectivity index (χ0) is 21.6. The Hall–Kier alpha value is -3.34. The van der Waals surface area contributed by atoms with E-state index in [-0.39, 0.29) is 17.7 Å². The lowest BCUT2D eigenvalue weighted by Crippen LogP contribution is -2.46. The third-order valence-corrected chi connectivity index (χ3v) is 5.79. The molecular weight excluding hydrogens is 388 g/mol. The van der Waals surface area contributed by atoms with Gasteiger partial charge in [-0.05, 0) is 43.4 Å². The van der Waals surface area contributed by atoms with Crippen molar-refractivity contribution in [3.05, 3.63) is 77.9 Å². The van der Waals surface area contributed by atoms with Crippen LogP contribution in [0.5, 0.6) is 5.75 Å². The highest BCUT2D eigenvalue weighted by atomic mass is 16.5. The Labute approximate surface area is 183 Å². The van der Waals surface area contributed by atoms with Gasteiger partial charge in [0.2, 0.25) is 5.91 Å². The van der Waals surface area contributed by atoms with Crippen LogP contribution in [0.3, 0.4) is 0 Å². The van der Waals surface area contributed by atoms with Crippen molar-refractivity contribution in [2.45, 2.75) is 19.8 Å². The fourth-order valence-corrected chi connectivity index (χ4v) is 4.06. The Kier molecular flexibility index (Phi) is 6.51. The van der Waals surface area contributed by atoms with E-state index in [4.69, 9.17) is 4.74 Å². The lowest BCUT2D eigenvalue weighted by Gasteiger charge is -2.32. The number of fused-ring (bicyclic) bond motifs is 1. The number of piperidine rings is 1. The van der Waals surface area contributed by atoms with Gasteiger partial charge in [-0.1, -0.05) is 54.1 Å². The number of hydrogen-bond acceptors (Lipinski definition) is 3. The average Bonchev–Trinajstić information content (AvgIpc) is 2.82. The average molecular weight is 417 g/mol. The van der Waals surface area contributed by atoms with Crippen LogP contribution in [0.2, 0.25) is 0 Å². The van der Waals surface area contributed by atoms with Crippen LogP contribution in [0.4, 0.5) is 0 Å². The standard InChI is InChI=1S/C26H28N2O3/c1-19-11-13-21(14-12-19)26(30)28-16-5-8-22(18-28)25(29)27-15-17-31-24-10-4-7-20-6-2-3-9-23(20)24/h2-4,6-7,9-14,22H,5,8,15-18H2,1H3,(H,27,29). The second kappa shape index (κ2) is 9.65. The fourth-order valence-electron chi connectivity index (χ4n) is 4.06. The minimum absolute atomic E-state index is 0.00297. The summed E-state index contributed by atoms with van der Waals surface area (Å²) < 4.78 is 5.90. The van der Waals surface area contributed by atoms with Crippen LogP contribution in [0, 0.1) is 12.8 Å². The number of hydrogen-bond donors (Lipinski definition) is 1. The maximum absolute atomic E-state index is 12.8. The molecule has 5 heteroatoms. The molecule has 3 aromatic rings. The molecule has 1 fully saturated rings. The molecule has 4 rings (SSSR count). The number of ether oxygens (including phenoxy) is 1. The van der Waals surface area contributed by atoms with Crippen molar-refractivity contribution in [1.29, 1.82) is 0 Å². The van der Waals surface area contributed by atoms with Crippen LogP contribution in [-0.2, 0) is 4.79 Å². The third-order valence-electron chi connectivity index (χ3n) is 5.79. The van der Waals surface area contributed by atoms with E-state index in [1.807, 2.05) is 61.5 Å². The molecule has 5 nitrogen and oxygen atoms in total. The number of carbonyl (C=O) groups is 2. The number of aryl methyl sites for hydroxylation is 1. The molecule has 1 saturated heterocycles. The molecule has 1 heterocycles. The number of likely N-dealkylation sites (tertiary alicyclic amines) is 1. The normalized spacial score (nSPS) is 16.2. The van der Waals surface area contributed by atoms with Crippen LogP contribution in [0.15, 0.2) is 66.7 Å². The first-order chi connectivity index (χ1) is 15.1. The molecule has 0 aromatic heterocycles. The van der Waals surface area contributed by atoms with E-state index >= 15 is 0 Å². The van der Waals surface area contributed by atoms with Gasteiger partial charge in [-0.3, -0.25) is 9.59 Å². The van der Waals surface area contributed by atoms with E-state index in [0.29, 0.717) is 31.8 Å². The van der Waals surface area contributed by atoms with E-state index in [1.54, 1.807) is 4.90 Å². The summed E-state index contributed by atoms with van der Waals surface area (Å²) in [7, 11) is 0. The number of amides is 2. The third kappa shape index (κ3) is 5.05. The second-order valence-electron chi connectivity index (χ2n) is 8.07. The van der Waals surface area contributed by atoms with Crippen LogP contribution >= 0.6 is 0 Å². The largest absolute Gasteiger partial charge is 0.491 e. The first kappa shape index (κ1) is 20.9. The summed E-state index contributed by atoms with van der Waals surface area (Å²) in [6, 6.07) is 21.6. The Bertz CT molecular complexity index is 1060. The van der Waals surface area contributed by atoms with Crippen molar-refractivity contribution >= 4 is 22.6 Å². The Morgan fingerprint density at radius 2 is 1.81 bits per heavy atom. The maximum Gasteiger partial charge on any atom is 0.253 e. The molecular formula is C26H28N2O3. The Morgan fingerprint density at radius 1 is 1.03 bits per heavy atom. The summed E-state index contributed by atoms with van der Waals surface area (Å²) in [4.78, 5) is 27.2. The number of rotatable bonds is 6. The van der Waals surface area contributed by atoms with Crippen molar-refractivity contribution < 1.29 is 14.3 Å². The topological polar surface area (TPSA) is 58.6 Å². The van der Waals surface area contributed by atoms with Crippen molar-refractivity contribution in [3.8, 4) is 5.75 Å². The quantitative estimate of drug-likeness (QED) is 0.613. The first-order valence-corrected chi connectivity index (χ1v) is 10.9. The van der Waals surface area contributed by atoms with Gasteiger partial charge < -0.3 is 15.0 Å². The smallest absolute Gasteiger partial charge is 0.253 e. The molecule has 160 valence electrons. The number of nitrogens with zero attached hydrogens (tertiary/aromatic N) is 1. The van der Waals surface area contributed by atoms with E-state index in [2.05, 4.69) is 17.4 Å². The monoisotopic (exact) mass is 416 g/mol. The molecule has 1 unspecified atom stereocenters. The summed E-state index contributed by atoms with van der Waals surface area (Å²) in [5.41, 5.74) is 1.80. The van der Waals surface area contributed by atoms with E-state index in [0.717, 1.165) is 34.9 Å². The van der Waals surface area contributed by atoms with Crippen LogP contribution in [-0.4, -0.2) is 43.0 Å². The highest BCUT2D eigenvalue weighted by Gasteiger charge is 2.28. The Balaban J connectivity index is 1.27. The molecule has 1 atom stereocenters. The summed E-state index contributed by atoms with van der Waals surface area (Å²) in [5, 5.41) is 5.17. The van der Waals surface area contributed by atoms with Crippen molar-refractivity contribution in [2.24, 2.45) is 5.92 Å². The SMILES string of the molecule is Cc1ccc(C(=O)N2CCCC(C(=O)NCCOc3cccc4ccccc34)C2)cc1. The molecule has 1 aliphatic heterocycles. The Morgan fingerprint density at radius 3 is 2.65 bits per heavy atom. The van der Waals surface area contributed by atoms with Crippen LogP contribution < -0.4 is 10.1 Å². The molecule has 0 bridgehead atoms. The van der Waals surface area contributed by atoms with E-state index in [9.17, 15) is 9.59 Å². The number of nitrogens with one attached hydrogen (secondary N) is 1. The summed E-state index contributed by atoms with van der Waals surface area (Å²) >= 11 is 0. The molecule has 0 radical (unpaired) electrons. The molecule has 1 N–H and O–H groups in total. The van der Waals surface area contributed by atoms with Gasteiger partial charge in [0.05, 0.1) is 12.5 Å². The minimum Gasteiger partial charge on any atom is -0.491 e. The second-order valence-corrected chi connectivity index (χ2v) is 8.07.